The van der Waals surface area contributed by atoms with Crippen molar-refractivity contribution in [2.24, 2.45) is 17.3 Å². The van der Waals surface area contributed by atoms with Gasteiger partial charge in [0.25, 0.3) is 0 Å². The Morgan fingerprint density at radius 2 is 1.88 bits per heavy atom. The fourth-order valence-electron chi connectivity index (χ4n) is 2.78. The molecule has 0 aromatic heterocycles. The molecule has 0 unspecified atom stereocenters. The average molecular weight is 216 g/mol. The molecule has 1 aliphatic carbocycles. The van der Waals surface area contributed by atoms with Crippen molar-refractivity contribution >= 4 is 0 Å². The third-order valence-corrected chi connectivity index (χ3v) is 4.07. The Hall–Kier alpha value is -0.780. The van der Waals surface area contributed by atoms with Crippen molar-refractivity contribution in [3.63, 3.8) is 0 Å². The summed E-state index contributed by atoms with van der Waals surface area (Å²) in [4.78, 5) is 0. The van der Waals surface area contributed by atoms with E-state index in [1.807, 2.05) is 0 Å². The lowest BCUT2D eigenvalue weighted by Gasteiger charge is -2.44. The van der Waals surface area contributed by atoms with Crippen LogP contribution in [0.15, 0.2) is 24.3 Å². The van der Waals surface area contributed by atoms with Crippen molar-refractivity contribution in [3.05, 3.63) is 35.4 Å². The van der Waals surface area contributed by atoms with Crippen LogP contribution >= 0.6 is 0 Å². The Morgan fingerprint density at radius 3 is 2.44 bits per heavy atom. The van der Waals surface area contributed by atoms with Crippen LogP contribution in [0.25, 0.3) is 0 Å². The Balaban J connectivity index is 1.86. The first-order valence-electron chi connectivity index (χ1n) is 6.50. The molecule has 0 N–H and O–H groups in total. The molecule has 0 heterocycles. The number of aryl methyl sites for hydroxylation is 1. The van der Waals surface area contributed by atoms with Gasteiger partial charge in [-0.1, -0.05) is 50.6 Å². The van der Waals surface area contributed by atoms with Gasteiger partial charge in [-0.25, -0.2) is 0 Å². The molecule has 0 nitrogen and oxygen atoms in total. The summed E-state index contributed by atoms with van der Waals surface area (Å²) < 4.78 is 0. The van der Waals surface area contributed by atoms with Gasteiger partial charge in [0.05, 0.1) is 0 Å². The van der Waals surface area contributed by atoms with Gasteiger partial charge >= 0.3 is 0 Å². The van der Waals surface area contributed by atoms with E-state index in [0.29, 0.717) is 5.41 Å². The molecule has 2 rings (SSSR count). The first-order valence-corrected chi connectivity index (χ1v) is 6.50. The fraction of sp³-hybridized carbons (Fsp3) is 0.625. The topological polar surface area (TPSA) is 0 Å². The van der Waals surface area contributed by atoms with E-state index >= 15 is 0 Å². The van der Waals surface area contributed by atoms with Crippen molar-refractivity contribution in [2.45, 2.75) is 47.0 Å². The summed E-state index contributed by atoms with van der Waals surface area (Å²) in [5.41, 5.74) is 3.44. The third-order valence-electron chi connectivity index (χ3n) is 4.07. The summed E-state index contributed by atoms with van der Waals surface area (Å²) in [5.74, 6) is 1.88. The maximum Gasteiger partial charge on any atom is -0.0250 e. The molecule has 1 aromatic carbocycles. The molecule has 1 aromatic rings. The fourth-order valence-corrected chi connectivity index (χ4v) is 2.78. The predicted octanol–water partition coefficient (Wildman–Crippen LogP) is 4.61. The molecule has 1 fully saturated rings. The van der Waals surface area contributed by atoms with Crippen LogP contribution in [0.5, 0.6) is 0 Å². The monoisotopic (exact) mass is 216 g/mol. The highest BCUT2D eigenvalue weighted by molar-refractivity contribution is 5.23. The van der Waals surface area contributed by atoms with Gasteiger partial charge in [-0.3, -0.25) is 0 Å². The Labute approximate surface area is 100 Å². The van der Waals surface area contributed by atoms with E-state index < -0.39 is 0 Å². The molecular weight excluding hydrogens is 192 g/mol. The van der Waals surface area contributed by atoms with Crippen LogP contribution in [0, 0.1) is 24.2 Å². The van der Waals surface area contributed by atoms with Crippen LogP contribution in [0.1, 0.15) is 44.7 Å². The first kappa shape index (κ1) is 11.7. The van der Waals surface area contributed by atoms with Crippen molar-refractivity contribution in [2.75, 3.05) is 0 Å². The summed E-state index contributed by atoms with van der Waals surface area (Å²) in [7, 11) is 0. The van der Waals surface area contributed by atoms with Gasteiger partial charge in [-0.2, -0.15) is 0 Å². The minimum absolute atomic E-state index is 0.517. The molecule has 1 aliphatic rings. The van der Waals surface area contributed by atoms with E-state index in [-0.39, 0.29) is 0 Å². The van der Waals surface area contributed by atoms with E-state index in [4.69, 9.17) is 0 Å². The van der Waals surface area contributed by atoms with E-state index in [1.165, 1.54) is 30.4 Å². The van der Waals surface area contributed by atoms with Gasteiger partial charge in [0, 0.05) is 0 Å². The SMILES string of the molecule is Cc1cccc(CC2CC(C(C)(C)C)C2)c1. The lowest BCUT2D eigenvalue weighted by molar-refractivity contribution is 0.0762. The molecule has 0 atom stereocenters. The van der Waals surface area contributed by atoms with Crippen molar-refractivity contribution < 1.29 is 0 Å². The number of benzene rings is 1. The molecule has 0 saturated heterocycles. The van der Waals surface area contributed by atoms with Crippen LogP contribution in [0.4, 0.5) is 0 Å². The molecule has 0 bridgehead atoms. The van der Waals surface area contributed by atoms with Gasteiger partial charge < -0.3 is 0 Å². The summed E-state index contributed by atoms with van der Waals surface area (Å²) in [6, 6.07) is 8.98. The summed E-state index contributed by atoms with van der Waals surface area (Å²) in [6.07, 6.45) is 4.14. The van der Waals surface area contributed by atoms with E-state index in [0.717, 1.165) is 11.8 Å². The zero-order valence-electron chi connectivity index (χ0n) is 11.1. The maximum atomic E-state index is 2.38. The second kappa shape index (κ2) is 4.24. The molecule has 0 amide bonds. The third kappa shape index (κ3) is 2.66. The zero-order valence-corrected chi connectivity index (χ0v) is 11.1. The van der Waals surface area contributed by atoms with Crippen LogP contribution in [0.2, 0.25) is 0 Å². The van der Waals surface area contributed by atoms with Crippen LogP contribution in [-0.4, -0.2) is 0 Å². The Morgan fingerprint density at radius 1 is 1.19 bits per heavy atom. The quantitative estimate of drug-likeness (QED) is 0.677. The molecule has 16 heavy (non-hydrogen) atoms. The normalized spacial score (nSPS) is 25.2. The minimum atomic E-state index is 0.517. The number of hydrogen-bond donors (Lipinski definition) is 0. The average Bonchev–Trinajstić information content (AvgIpc) is 2.08. The van der Waals surface area contributed by atoms with Crippen molar-refractivity contribution in [1.29, 1.82) is 0 Å². The Bertz CT molecular complexity index is 351. The Kier molecular flexibility index (Phi) is 3.10. The second-order valence-electron chi connectivity index (χ2n) is 6.59. The second-order valence-corrected chi connectivity index (χ2v) is 6.59. The lowest BCUT2D eigenvalue weighted by atomic mass is 9.62. The lowest BCUT2D eigenvalue weighted by Crippen LogP contribution is -2.34. The van der Waals surface area contributed by atoms with E-state index in [9.17, 15) is 0 Å². The molecule has 0 heteroatoms. The van der Waals surface area contributed by atoms with Crippen molar-refractivity contribution in [1.82, 2.24) is 0 Å². The highest BCUT2D eigenvalue weighted by atomic mass is 14.4. The van der Waals surface area contributed by atoms with Gasteiger partial charge in [0.2, 0.25) is 0 Å². The van der Waals surface area contributed by atoms with Gasteiger partial charge in [-0.15, -0.1) is 0 Å². The maximum absolute atomic E-state index is 2.38. The standard InChI is InChI=1S/C16H24/c1-12-6-5-7-13(8-12)9-14-10-15(11-14)16(2,3)4/h5-8,14-15H,9-11H2,1-4H3. The van der Waals surface area contributed by atoms with Crippen molar-refractivity contribution in [3.8, 4) is 0 Å². The molecule has 0 radical (unpaired) electrons. The predicted molar refractivity (Wildman–Crippen MR) is 70.6 cm³/mol. The zero-order chi connectivity index (χ0) is 11.8. The largest absolute Gasteiger partial charge is 0.0617 e. The number of rotatable bonds is 2. The van der Waals surface area contributed by atoms with Gasteiger partial charge in [-0.05, 0) is 49.0 Å². The number of hydrogen-bond acceptors (Lipinski definition) is 0. The molecule has 88 valence electrons. The highest BCUT2D eigenvalue weighted by Crippen LogP contribution is 2.46. The molecule has 0 aliphatic heterocycles. The molecule has 0 spiro atoms. The molecular formula is C16H24. The van der Waals surface area contributed by atoms with Gasteiger partial charge in [0.15, 0.2) is 0 Å². The van der Waals surface area contributed by atoms with Crippen LogP contribution in [-0.2, 0) is 6.42 Å². The molecule has 1 saturated carbocycles. The first-order chi connectivity index (χ1) is 7.45. The van der Waals surface area contributed by atoms with Gasteiger partial charge in [0.1, 0.15) is 0 Å². The summed E-state index contributed by atoms with van der Waals surface area (Å²) in [6.45, 7) is 9.31. The smallest absolute Gasteiger partial charge is 0.0250 e. The highest BCUT2D eigenvalue weighted by Gasteiger charge is 2.36. The van der Waals surface area contributed by atoms with Crippen LogP contribution in [0.3, 0.4) is 0 Å². The summed E-state index contributed by atoms with van der Waals surface area (Å²) >= 11 is 0. The van der Waals surface area contributed by atoms with Crippen LogP contribution < -0.4 is 0 Å². The minimum Gasteiger partial charge on any atom is -0.0617 e. The van der Waals surface area contributed by atoms with E-state index in [2.05, 4.69) is 52.0 Å². The van der Waals surface area contributed by atoms with E-state index in [1.54, 1.807) is 0 Å². The summed E-state index contributed by atoms with van der Waals surface area (Å²) in [5, 5.41) is 0.